The number of ether oxygens (including phenoxy) is 2. The van der Waals surface area contributed by atoms with Gasteiger partial charge in [0.1, 0.15) is 11.6 Å². The lowest BCUT2D eigenvalue weighted by molar-refractivity contribution is -0.128. The van der Waals surface area contributed by atoms with Gasteiger partial charge in [-0.3, -0.25) is 4.79 Å². The minimum absolute atomic E-state index is 0.0669. The van der Waals surface area contributed by atoms with E-state index in [2.05, 4.69) is 5.32 Å². The Kier molecular flexibility index (Phi) is 9.06. The number of amides is 1. The number of nitrogens with one attached hydrogen (secondary N) is 1. The maximum absolute atomic E-state index is 14.2. The number of nitrogens with zero attached hydrogens (tertiary/aromatic N) is 1. The van der Waals surface area contributed by atoms with E-state index in [-0.39, 0.29) is 18.3 Å². The molecule has 0 bridgehead atoms. The van der Waals surface area contributed by atoms with Crippen molar-refractivity contribution in [1.82, 2.24) is 5.32 Å². The third-order valence-electron chi connectivity index (χ3n) is 7.04. The molecule has 0 saturated heterocycles. The van der Waals surface area contributed by atoms with Gasteiger partial charge in [0, 0.05) is 31.6 Å². The van der Waals surface area contributed by atoms with Crippen molar-refractivity contribution in [2.45, 2.75) is 30.9 Å². The summed E-state index contributed by atoms with van der Waals surface area (Å²) in [4.78, 5) is 19.2. The topological polar surface area (TPSA) is 80.2 Å². The molecule has 1 aliphatic heterocycles. The second-order valence-corrected chi connectivity index (χ2v) is 10.00. The predicted octanol–water partition coefficient (Wildman–Crippen LogP) is 5.45. The number of carbonyl (C=O) groups excluding carboxylic acids is 1. The quantitative estimate of drug-likeness (QED) is 0.229. The zero-order valence-corrected chi connectivity index (χ0v) is 22.7. The zero-order chi connectivity index (χ0) is 28.5. The summed E-state index contributed by atoms with van der Waals surface area (Å²) >= 11 is 0. The molecule has 2 atom stereocenters. The lowest BCUT2D eigenvalue weighted by Gasteiger charge is -2.31. The van der Waals surface area contributed by atoms with Crippen LogP contribution in [-0.4, -0.2) is 42.2 Å². The Morgan fingerprint density at radius 3 is 2.34 bits per heavy atom. The van der Waals surface area contributed by atoms with E-state index in [4.69, 9.17) is 19.6 Å². The Morgan fingerprint density at radius 1 is 0.927 bits per heavy atom. The van der Waals surface area contributed by atoms with Gasteiger partial charge in [0.25, 0.3) is 5.91 Å². The Bertz CT molecular complexity index is 1460. The number of benzene rings is 4. The monoisotopic (exact) mass is 552 g/mol. The first-order chi connectivity index (χ1) is 20.1. The van der Waals surface area contributed by atoms with E-state index < -0.39 is 11.6 Å². The number of aliphatic imine (C=N–C) groups is 1. The van der Waals surface area contributed by atoms with Gasteiger partial charge in [-0.15, -0.1) is 0 Å². The van der Waals surface area contributed by atoms with Gasteiger partial charge in [-0.25, -0.2) is 9.38 Å². The van der Waals surface area contributed by atoms with Gasteiger partial charge in [-0.2, -0.15) is 0 Å². The van der Waals surface area contributed by atoms with E-state index in [1.54, 1.807) is 6.07 Å². The minimum atomic E-state index is -1.28. The molecular weight excluding hydrogens is 519 g/mol. The van der Waals surface area contributed by atoms with Crippen LogP contribution in [0, 0.1) is 5.82 Å². The van der Waals surface area contributed by atoms with Crippen molar-refractivity contribution in [3.8, 4) is 5.75 Å². The first kappa shape index (κ1) is 28.1. The molecule has 1 aliphatic rings. The minimum Gasteiger partial charge on any atom is -0.494 e. The van der Waals surface area contributed by atoms with Gasteiger partial charge in [-0.05, 0) is 59.5 Å². The largest absolute Gasteiger partial charge is 0.494 e. The number of carbonyl (C=O) groups is 1. The predicted molar refractivity (Wildman–Crippen MR) is 156 cm³/mol. The summed E-state index contributed by atoms with van der Waals surface area (Å²) in [5.74, 6) is 0.482. The summed E-state index contributed by atoms with van der Waals surface area (Å²) in [7, 11) is 0. The average molecular weight is 553 g/mol. The molecule has 4 aromatic carbocycles. The van der Waals surface area contributed by atoms with Gasteiger partial charge in [0.05, 0.1) is 6.61 Å². The third kappa shape index (κ3) is 6.81. The summed E-state index contributed by atoms with van der Waals surface area (Å²) in [5, 5.41) is 12.1. The van der Waals surface area contributed by atoms with Crippen molar-refractivity contribution in [2.75, 3.05) is 19.8 Å². The van der Waals surface area contributed by atoms with Crippen molar-refractivity contribution in [3.05, 3.63) is 137 Å². The number of hydrogen-bond donors (Lipinski definition) is 2. The summed E-state index contributed by atoms with van der Waals surface area (Å²) in [5.41, 5.74) is 2.04. The number of aliphatic hydroxyl groups is 1. The highest BCUT2D eigenvalue weighted by Crippen LogP contribution is 2.42. The van der Waals surface area contributed by atoms with E-state index >= 15 is 0 Å². The van der Waals surface area contributed by atoms with Crippen LogP contribution in [0.2, 0.25) is 0 Å². The summed E-state index contributed by atoms with van der Waals surface area (Å²) < 4.78 is 25.9. The number of hydrogen-bond acceptors (Lipinski definition) is 5. The van der Waals surface area contributed by atoms with Crippen LogP contribution in [0.25, 0.3) is 0 Å². The highest BCUT2D eigenvalue weighted by Gasteiger charge is 2.53. The molecule has 0 saturated carbocycles. The van der Waals surface area contributed by atoms with Gasteiger partial charge >= 0.3 is 0 Å². The molecule has 0 aromatic heterocycles. The number of aliphatic hydroxyl groups excluding tert-OH is 1. The maximum Gasteiger partial charge on any atom is 0.252 e. The van der Waals surface area contributed by atoms with Crippen molar-refractivity contribution in [1.29, 1.82) is 0 Å². The van der Waals surface area contributed by atoms with Crippen LogP contribution in [0.5, 0.6) is 5.75 Å². The van der Waals surface area contributed by atoms with E-state index in [1.165, 1.54) is 12.1 Å². The molecule has 0 spiro atoms. The second kappa shape index (κ2) is 13.2. The van der Waals surface area contributed by atoms with Crippen molar-refractivity contribution < 1.29 is 23.8 Å². The van der Waals surface area contributed by atoms with Crippen LogP contribution in [0.1, 0.15) is 34.8 Å². The number of halogens is 1. The molecule has 2 N–H and O–H groups in total. The Hall–Kier alpha value is -4.49. The fraction of sp³-hybridized carbons (Fsp3) is 0.235. The molecular formula is C34H33FN2O4. The normalized spacial score (nSPS) is 17.9. The van der Waals surface area contributed by atoms with E-state index in [1.807, 2.05) is 91.0 Å². The van der Waals surface area contributed by atoms with Crippen LogP contribution in [0.4, 0.5) is 4.39 Å². The van der Waals surface area contributed by atoms with E-state index in [0.717, 1.165) is 22.3 Å². The van der Waals surface area contributed by atoms with Gasteiger partial charge in [0.15, 0.2) is 11.6 Å². The SMILES string of the molecule is O=C(NCCc1cccc(F)c1)[C@]1(Cc2ccccc2)N=C(c2ccc(OCCCO)cc2)O[C@@H]1c1ccccc1. The molecule has 0 aliphatic carbocycles. The molecule has 0 unspecified atom stereocenters. The molecule has 41 heavy (non-hydrogen) atoms. The summed E-state index contributed by atoms with van der Waals surface area (Å²) in [6.07, 6.45) is 0.682. The lowest BCUT2D eigenvalue weighted by Crippen LogP contribution is -2.50. The van der Waals surface area contributed by atoms with Gasteiger partial charge < -0.3 is 19.9 Å². The van der Waals surface area contributed by atoms with Crippen molar-refractivity contribution in [3.63, 3.8) is 0 Å². The fourth-order valence-corrected chi connectivity index (χ4v) is 4.98. The zero-order valence-electron chi connectivity index (χ0n) is 22.7. The fourth-order valence-electron chi connectivity index (χ4n) is 4.98. The lowest BCUT2D eigenvalue weighted by atomic mass is 9.82. The average Bonchev–Trinajstić information content (AvgIpc) is 3.39. The Labute approximate surface area is 239 Å². The first-order valence-corrected chi connectivity index (χ1v) is 13.8. The molecule has 1 heterocycles. The van der Waals surface area contributed by atoms with E-state index in [0.29, 0.717) is 44.1 Å². The molecule has 7 heteroatoms. The van der Waals surface area contributed by atoms with Crippen LogP contribution < -0.4 is 10.1 Å². The maximum atomic E-state index is 14.2. The van der Waals surface area contributed by atoms with Crippen LogP contribution in [0.15, 0.2) is 114 Å². The molecule has 5 rings (SSSR count). The number of rotatable bonds is 12. The Morgan fingerprint density at radius 2 is 1.63 bits per heavy atom. The molecule has 210 valence electrons. The Balaban J connectivity index is 1.48. The van der Waals surface area contributed by atoms with Crippen LogP contribution >= 0.6 is 0 Å². The molecule has 0 radical (unpaired) electrons. The molecule has 1 amide bonds. The van der Waals surface area contributed by atoms with Gasteiger partial charge in [-0.1, -0.05) is 72.8 Å². The molecule has 6 nitrogen and oxygen atoms in total. The highest BCUT2D eigenvalue weighted by atomic mass is 19.1. The molecule has 4 aromatic rings. The van der Waals surface area contributed by atoms with Crippen molar-refractivity contribution in [2.24, 2.45) is 4.99 Å². The van der Waals surface area contributed by atoms with Crippen LogP contribution in [0.3, 0.4) is 0 Å². The van der Waals surface area contributed by atoms with Crippen molar-refractivity contribution >= 4 is 11.8 Å². The second-order valence-electron chi connectivity index (χ2n) is 10.00. The standard InChI is InChI=1S/C34H33FN2O4/c35-29-14-7-11-25(23-29)19-20-36-33(39)34(24-26-9-3-1-4-10-26)31(27-12-5-2-6-13-27)41-32(37-34)28-15-17-30(18-16-28)40-22-8-21-38/h1-7,9-18,23,31,38H,8,19-22,24H2,(H,36,39)/t31-,34-/m1/s1. The third-order valence-corrected chi connectivity index (χ3v) is 7.04. The van der Waals surface area contributed by atoms with Gasteiger partial charge in [0.2, 0.25) is 5.90 Å². The highest BCUT2D eigenvalue weighted by molar-refractivity contribution is 6.01. The summed E-state index contributed by atoms with van der Waals surface area (Å²) in [6.45, 7) is 0.807. The first-order valence-electron chi connectivity index (χ1n) is 13.8. The van der Waals surface area contributed by atoms with E-state index in [9.17, 15) is 9.18 Å². The van der Waals surface area contributed by atoms with Crippen LogP contribution in [-0.2, 0) is 22.4 Å². The smallest absolute Gasteiger partial charge is 0.252 e. The molecule has 0 fully saturated rings. The summed E-state index contributed by atoms with van der Waals surface area (Å²) in [6, 6.07) is 33.2.